The van der Waals surface area contributed by atoms with Gasteiger partial charge >= 0.3 is 0 Å². The van der Waals surface area contributed by atoms with Crippen LogP contribution in [-0.4, -0.2) is 120 Å². The largest absolute Gasteiger partial charge is 0.507 e. The van der Waals surface area contributed by atoms with E-state index in [0.717, 1.165) is 6.42 Å². The van der Waals surface area contributed by atoms with E-state index in [1.54, 1.807) is 54.6 Å². The normalized spacial score (nSPS) is 27.2. The number of benzene rings is 4. The highest BCUT2D eigenvalue weighted by molar-refractivity contribution is 7.89. The standard InChI is InChI=1S/C59H79N3O17S/c1-37-31-41(77-58(73-37)49-18-3-6-21-52(49)66)15-10-16-42-35-46(75-56(74-42)36-61-54(68)27-28-55(69)62-38-23-25-47(26-24-38)80(60,70)71)33-40(64)12-9-14-44-34-43(78-59(79-44)50-19-4-7-22-53(50)67)13-8-11-39(63)32-45-29-30-72-57(76-45)48-17-2-5-20-51(48)65/h2-7,17-26,37,39-46,56-59,63-67H,8-16,27-36H2,1H3,(H,61,68)(H,62,69)(H2,60,70,71). The summed E-state index contributed by atoms with van der Waals surface area (Å²) in [4.78, 5) is 25.6. The number of nitrogens with two attached hydrogens (primary N) is 1. The van der Waals surface area contributed by atoms with Crippen LogP contribution in [0.2, 0.25) is 0 Å². The van der Waals surface area contributed by atoms with Gasteiger partial charge in [0.25, 0.3) is 0 Å². The molecule has 21 heteroatoms. The van der Waals surface area contributed by atoms with Gasteiger partial charge in [0.05, 0.1) is 73.0 Å². The van der Waals surface area contributed by atoms with E-state index >= 15 is 0 Å². The summed E-state index contributed by atoms with van der Waals surface area (Å²) in [6.45, 7) is 2.44. The van der Waals surface area contributed by atoms with E-state index < -0.39 is 65.3 Å². The summed E-state index contributed by atoms with van der Waals surface area (Å²) in [5.74, 6) is -0.574. The molecule has 0 radical (unpaired) electrons. The van der Waals surface area contributed by atoms with Crippen molar-refractivity contribution < 1.29 is 81.4 Å². The molecule has 4 fully saturated rings. The average Bonchev–Trinajstić information content (AvgIpc) is 3.44. The minimum atomic E-state index is -3.90. The quantitative estimate of drug-likeness (QED) is 0.0295. The Morgan fingerprint density at radius 2 is 1.04 bits per heavy atom. The van der Waals surface area contributed by atoms with Gasteiger partial charge in [-0.25, -0.2) is 13.6 Å². The Morgan fingerprint density at radius 1 is 0.575 bits per heavy atom. The molecule has 13 atom stereocenters. The third-order valence-electron chi connectivity index (χ3n) is 15.0. The fourth-order valence-electron chi connectivity index (χ4n) is 10.9. The van der Waals surface area contributed by atoms with Crippen molar-refractivity contribution in [3.63, 3.8) is 0 Å². The highest BCUT2D eigenvalue weighted by atomic mass is 32.2. The maximum atomic E-state index is 13.0. The monoisotopic (exact) mass is 1130 g/mol. The molecule has 4 aliphatic rings. The highest BCUT2D eigenvalue weighted by Gasteiger charge is 2.36. The zero-order chi connectivity index (χ0) is 56.6. The van der Waals surface area contributed by atoms with Crippen molar-refractivity contribution in [2.24, 2.45) is 5.14 Å². The molecule has 0 spiro atoms. The van der Waals surface area contributed by atoms with Gasteiger partial charge < -0.3 is 74.1 Å². The van der Waals surface area contributed by atoms with Crippen LogP contribution in [0.5, 0.6) is 17.2 Å². The predicted molar refractivity (Wildman–Crippen MR) is 292 cm³/mol. The summed E-state index contributed by atoms with van der Waals surface area (Å²) in [5.41, 5.74) is 2.01. The molecule has 4 heterocycles. The molecule has 0 bridgehead atoms. The molecule has 0 saturated carbocycles. The first-order valence-corrected chi connectivity index (χ1v) is 29.6. The number of primary sulfonamides is 1. The number of para-hydroxylation sites is 3. The van der Waals surface area contributed by atoms with Crippen LogP contribution in [0.3, 0.4) is 0 Å². The van der Waals surface area contributed by atoms with Gasteiger partial charge in [0.1, 0.15) is 17.2 Å². The van der Waals surface area contributed by atoms with Crippen LogP contribution in [-0.2, 0) is 57.5 Å². The lowest BCUT2D eigenvalue weighted by Crippen LogP contribution is -2.45. The first kappa shape index (κ1) is 60.8. The minimum Gasteiger partial charge on any atom is -0.507 e. The molecular formula is C59H79N3O17S. The molecule has 4 saturated heterocycles. The van der Waals surface area contributed by atoms with Crippen molar-refractivity contribution >= 4 is 27.5 Å². The maximum absolute atomic E-state index is 13.0. The van der Waals surface area contributed by atoms with E-state index in [-0.39, 0.29) is 78.2 Å². The Balaban J connectivity index is 0.819. The molecule has 9 N–H and O–H groups in total. The Hall–Kier alpha value is -5.27. The molecule has 4 aromatic rings. The van der Waals surface area contributed by atoms with Crippen molar-refractivity contribution in [1.82, 2.24) is 5.32 Å². The SMILES string of the molecule is CC1CC(CCCC2CC(CC(O)CCCC3CC(CCCC(O)CC4CCOC(c5ccccc5O)O4)OC(c4ccccc4O)O3)OC(CNC(=O)CCC(=O)Nc3ccc(S(N)(=O)=O)cc3)O2)OC(c2ccccc2O)O1. The molecule has 0 aliphatic carbocycles. The molecule has 0 aromatic heterocycles. The van der Waals surface area contributed by atoms with Crippen molar-refractivity contribution in [2.75, 3.05) is 18.5 Å². The number of hydrogen-bond acceptors (Lipinski definition) is 17. The number of carbonyl (C=O) groups excluding carboxylic acids is 2. The number of rotatable bonds is 26. The Bertz CT molecular complexity index is 2700. The zero-order valence-electron chi connectivity index (χ0n) is 45.3. The van der Waals surface area contributed by atoms with Crippen LogP contribution in [0.1, 0.15) is 152 Å². The minimum absolute atomic E-state index is 0.00637. The lowest BCUT2D eigenvalue weighted by molar-refractivity contribution is -0.251. The second kappa shape index (κ2) is 29.6. The number of nitrogens with one attached hydrogen (secondary N) is 2. The second-order valence-corrected chi connectivity index (χ2v) is 23.0. The number of hydrogen-bond donors (Lipinski definition) is 8. The van der Waals surface area contributed by atoms with Crippen molar-refractivity contribution in [3.8, 4) is 17.2 Å². The summed E-state index contributed by atoms with van der Waals surface area (Å²) in [6.07, 6.45) is 2.62. The Morgan fingerprint density at radius 3 is 1.61 bits per heavy atom. The number of carbonyl (C=O) groups is 2. The first-order chi connectivity index (χ1) is 38.5. The van der Waals surface area contributed by atoms with Gasteiger partial charge in [-0.05, 0) is 133 Å². The molecule has 4 aromatic carbocycles. The van der Waals surface area contributed by atoms with Gasteiger partial charge in [-0.2, -0.15) is 0 Å². The summed E-state index contributed by atoms with van der Waals surface area (Å²) < 4.78 is 73.1. The second-order valence-electron chi connectivity index (χ2n) is 21.5. The number of amides is 2. The van der Waals surface area contributed by atoms with E-state index in [1.165, 1.54) is 24.3 Å². The lowest BCUT2D eigenvalue weighted by Gasteiger charge is -2.38. The summed E-state index contributed by atoms with van der Waals surface area (Å²) in [6, 6.07) is 26.2. The van der Waals surface area contributed by atoms with Crippen molar-refractivity contribution in [1.29, 1.82) is 0 Å². The summed E-state index contributed by atoms with van der Waals surface area (Å²) in [7, 11) is -3.90. The molecule has 4 aliphatic heterocycles. The number of aliphatic hydroxyl groups is 2. The highest BCUT2D eigenvalue weighted by Crippen LogP contribution is 2.39. The van der Waals surface area contributed by atoms with Gasteiger partial charge in [-0.3, -0.25) is 9.59 Å². The fraction of sp³-hybridized carbons (Fsp3) is 0.559. The van der Waals surface area contributed by atoms with E-state index in [4.69, 9.17) is 43.0 Å². The molecule has 20 nitrogen and oxygen atoms in total. The van der Waals surface area contributed by atoms with Gasteiger partial charge in [0.2, 0.25) is 21.8 Å². The first-order valence-electron chi connectivity index (χ1n) is 28.1. The number of aliphatic hydroxyl groups excluding tert-OH is 2. The molecule has 8 rings (SSSR count). The summed E-state index contributed by atoms with van der Waals surface area (Å²) >= 11 is 0. The fourth-order valence-corrected chi connectivity index (χ4v) is 11.4. The van der Waals surface area contributed by atoms with E-state index in [9.17, 15) is 43.5 Å². The molecule has 80 heavy (non-hydrogen) atoms. The van der Waals surface area contributed by atoms with E-state index in [0.29, 0.717) is 119 Å². The Labute approximate surface area is 468 Å². The predicted octanol–water partition coefficient (Wildman–Crippen LogP) is 8.07. The van der Waals surface area contributed by atoms with Gasteiger partial charge in [-0.15, -0.1) is 0 Å². The van der Waals surface area contributed by atoms with E-state index in [2.05, 4.69) is 10.6 Å². The van der Waals surface area contributed by atoms with Crippen LogP contribution in [0.4, 0.5) is 5.69 Å². The van der Waals surface area contributed by atoms with Crippen molar-refractivity contribution in [2.45, 2.75) is 201 Å². The lowest BCUT2D eigenvalue weighted by atomic mass is 9.95. The smallest absolute Gasteiger partial charge is 0.238 e. The topological polar surface area (TPSA) is 293 Å². The van der Waals surface area contributed by atoms with Crippen LogP contribution in [0, 0.1) is 0 Å². The van der Waals surface area contributed by atoms with Crippen LogP contribution >= 0.6 is 0 Å². The third-order valence-corrected chi connectivity index (χ3v) is 15.9. The van der Waals surface area contributed by atoms with Crippen molar-refractivity contribution in [3.05, 3.63) is 114 Å². The van der Waals surface area contributed by atoms with Gasteiger partial charge in [0, 0.05) is 48.1 Å². The number of anilines is 1. The maximum Gasteiger partial charge on any atom is 0.238 e. The Kier molecular flexibility index (Phi) is 22.5. The van der Waals surface area contributed by atoms with Crippen LogP contribution < -0.4 is 15.8 Å². The summed E-state index contributed by atoms with van der Waals surface area (Å²) in [5, 5.41) is 64.9. The third kappa shape index (κ3) is 18.6. The van der Waals surface area contributed by atoms with Gasteiger partial charge in [0.15, 0.2) is 25.2 Å². The number of sulfonamides is 1. The van der Waals surface area contributed by atoms with Crippen LogP contribution in [0.15, 0.2) is 102 Å². The van der Waals surface area contributed by atoms with E-state index in [1.807, 2.05) is 25.1 Å². The van der Waals surface area contributed by atoms with Gasteiger partial charge in [-0.1, -0.05) is 54.6 Å². The molecular weight excluding hydrogens is 1050 g/mol. The van der Waals surface area contributed by atoms with Crippen LogP contribution in [0.25, 0.3) is 0 Å². The molecule has 2 amide bonds. The number of ether oxygens (including phenoxy) is 8. The molecule has 13 unspecified atom stereocenters. The average molecular weight is 1130 g/mol. The molecule has 438 valence electrons. The number of aromatic hydroxyl groups is 3. The number of phenols is 3. The number of phenolic OH excluding ortho intramolecular Hbond substituents is 3. The zero-order valence-corrected chi connectivity index (χ0v) is 46.1.